The first-order valence-electron chi connectivity index (χ1n) is 6.06. The molecule has 0 saturated heterocycles. The van der Waals surface area contributed by atoms with Crippen molar-refractivity contribution >= 4 is 16.8 Å². The van der Waals surface area contributed by atoms with Gasteiger partial charge < -0.3 is 10.3 Å². The Labute approximate surface area is 110 Å². The van der Waals surface area contributed by atoms with Gasteiger partial charge in [0.05, 0.1) is 17.3 Å². The van der Waals surface area contributed by atoms with Gasteiger partial charge in [-0.3, -0.25) is 9.48 Å². The number of carbonyl (C=O) groups is 1. The number of aromatic nitrogens is 3. The molecule has 19 heavy (non-hydrogen) atoms. The van der Waals surface area contributed by atoms with Gasteiger partial charge >= 0.3 is 0 Å². The Morgan fingerprint density at radius 1 is 1.42 bits per heavy atom. The molecule has 2 aromatic heterocycles. The fraction of sp³-hybridized carbons (Fsp3) is 0.143. The molecule has 96 valence electrons. The summed E-state index contributed by atoms with van der Waals surface area (Å²) in [5, 5.41) is 8.00. The van der Waals surface area contributed by atoms with Crippen LogP contribution < -0.4 is 5.32 Å². The lowest BCUT2D eigenvalue weighted by Gasteiger charge is -2.04. The molecular formula is C14H14N4O. The van der Waals surface area contributed by atoms with E-state index in [0.29, 0.717) is 12.1 Å². The number of amides is 1. The van der Waals surface area contributed by atoms with Crippen LogP contribution in [0, 0.1) is 0 Å². The minimum atomic E-state index is -0.0862. The second-order valence-corrected chi connectivity index (χ2v) is 4.45. The number of para-hydroxylation sites is 1. The Morgan fingerprint density at radius 2 is 2.32 bits per heavy atom. The van der Waals surface area contributed by atoms with Crippen molar-refractivity contribution in [3.05, 3.63) is 54.0 Å². The zero-order valence-electron chi connectivity index (χ0n) is 10.6. The van der Waals surface area contributed by atoms with E-state index in [-0.39, 0.29) is 5.91 Å². The number of nitrogens with one attached hydrogen (secondary N) is 2. The molecule has 0 bridgehead atoms. The summed E-state index contributed by atoms with van der Waals surface area (Å²) in [6.07, 6.45) is 5.47. The van der Waals surface area contributed by atoms with Crippen molar-refractivity contribution in [2.75, 3.05) is 0 Å². The highest BCUT2D eigenvalue weighted by molar-refractivity contribution is 6.05. The van der Waals surface area contributed by atoms with Crippen LogP contribution in [-0.2, 0) is 13.6 Å². The zero-order chi connectivity index (χ0) is 13.2. The molecular weight excluding hydrogens is 240 g/mol. The van der Waals surface area contributed by atoms with Crippen LogP contribution in [0.15, 0.2) is 42.9 Å². The van der Waals surface area contributed by atoms with Crippen LogP contribution in [-0.4, -0.2) is 20.7 Å². The van der Waals surface area contributed by atoms with Gasteiger partial charge in [0.15, 0.2) is 0 Å². The van der Waals surface area contributed by atoms with Gasteiger partial charge in [-0.2, -0.15) is 5.10 Å². The van der Waals surface area contributed by atoms with Crippen LogP contribution in [0.2, 0.25) is 0 Å². The van der Waals surface area contributed by atoms with Crippen LogP contribution >= 0.6 is 0 Å². The molecule has 0 unspecified atom stereocenters. The molecule has 1 aromatic carbocycles. The third-order valence-corrected chi connectivity index (χ3v) is 3.04. The Morgan fingerprint density at radius 3 is 3.11 bits per heavy atom. The second-order valence-electron chi connectivity index (χ2n) is 4.45. The molecule has 2 N–H and O–H groups in total. The number of fused-ring (bicyclic) bond motifs is 1. The van der Waals surface area contributed by atoms with Crippen molar-refractivity contribution in [2.45, 2.75) is 6.54 Å². The van der Waals surface area contributed by atoms with Crippen molar-refractivity contribution < 1.29 is 4.79 Å². The third-order valence-electron chi connectivity index (χ3n) is 3.04. The summed E-state index contributed by atoms with van der Waals surface area (Å²) in [6, 6.07) is 7.63. The third kappa shape index (κ3) is 2.22. The first-order valence-corrected chi connectivity index (χ1v) is 6.06. The molecule has 5 heteroatoms. The second kappa shape index (κ2) is 4.61. The van der Waals surface area contributed by atoms with E-state index in [1.54, 1.807) is 10.9 Å². The topological polar surface area (TPSA) is 62.7 Å². The number of hydrogen-bond donors (Lipinski definition) is 2. The van der Waals surface area contributed by atoms with E-state index in [2.05, 4.69) is 15.4 Å². The van der Waals surface area contributed by atoms with Gasteiger partial charge in [-0.25, -0.2) is 0 Å². The van der Waals surface area contributed by atoms with E-state index < -0.39 is 0 Å². The fourth-order valence-electron chi connectivity index (χ4n) is 2.11. The van der Waals surface area contributed by atoms with Gasteiger partial charge in [0.2, 0.25) is 0 Å². The fourth-order valence-corrected chi connectivity index (χ4v) is 2.11. The van der Waals surface area contributed by atoms with E-state index >= 15 is 0 Å². The molecule has 0 saturated carbocycles. The molecule has 0 aliphatic carbocycles. The average molecular weight is 254 g/mol. The van der Waals surface area contributed by atoms with E-state index in [1.807, 2.05) is 43.7 Å². The van der Waals surface area contributed by atoms with E-state index in [1.165, 1.54) is 0 Å². The standard InChI is InChI=1S/C14H14N4O/c1-18-9-10(8-17-18)7-16-14(19)12-4-2-3-11-5-6-15-13(11)12/h2-6,8-9,15H,7H2,1H3,(H,16,19). The molecule has 0 fully saturated rings. The Balaban J connectivity index is 1.78. The van der Waals surface area contributed by atoms with Crippen molar-refractivity contribution in [2.24, 2.45) is 7.05 Å². The maximum Gasteiger partial charge on any atom is 0.253 e. The molecule has 0 spiro atoms. The van der Waals surface area contributed by atoms with Crippen molar-refractivity contribution in [1.29, 1.82) is 0 Å². The van der Waals surface area contributed by atoms with Gasteiger partial charge in [0.1, 0.15) is 0 Å². The normalized spacial score (nSPS) is 10.8. The summed E-state index contributed by atoms with van der Waals surface area (Å²) >= 11 is 0. The SMILES string of the molecule is Cn1cc(CNC(=O)c2cccc3cc[nH]c23)cn1. The van der Waals surface area contributed by atoms with Gasteiger partial charge in [-0.05, 0) is 12.1 Å². The molecule has 0 radical (unpaired) electrons. The lowest BCUT2D eigenvalue weighted by atomic mass is 10.1. The van der Waals surface area contributed by atoms with Gasteiger partial charge in [0, 0.05) is 36.9 Å². The maximum atomic E-state index is 12.2. The van der Waals surface area contributed by atoms with Gasteiger partial charge in [-0.1, -0.05) is 12.1 Å². The summed E-state index contributed by atoms with van der Waals surface area (Å²) in [5.74, 6) is -0.0862. The monoisotopic (exact) mass is 254 g/mol. The first-order chi connectivity index (χ1) is 9.24. The average Bonchev–Trinajstić information content (AvgIpc) is 3.03. The van der Waals surface area contributed by atoms with Crippen LogP contribution in [0.3, 0.4) is 0 Å². The van der Waals surface area contributed by atoms with Crippen LogP contribution in [0.4, 0.5) is 0 Å². The molecule has 0 atom stereocenters. The number of carbonyl (C=O) groups excluding carboxylic acids is 1. The minimum Gasteiger partial charge on any atom is -0.361 e. The smallest absolute Gasteiger partial charge is 0.253 e. The lowest BCUT2D eigenvalue weighted by molar-refractivity contribution is 0.0952. The number of H-pyrrole nitrogens is 1. The Kier molecular flexibility index (Phi) is 2.79. The highest BCUT2D eigenvalue weighted by Gasteiger charge is 2.10. The minimum absolute atomic E-state index is 0.0862. The molecule has 5 nitrogen and oxygen atoms in total. The molecule has 2 heterocycles. The summed E-state index contributed by atoms with van der Waals surface area (Å²) < 4.78 is 1.72. The highest BCUT2D eigenvalue weighted by atomic mass is 16.1. The van der Waals surface area contributed by atoms with E-state index in [4.69, 9.17) is 0 Å². The largest absolute Gasteiger partial charge is 0.361 e. The van der Waals surface area contributed by atoms with Crippen LogP contribution in [0.1, 0.15) is 15.9 Å². The number of aromatic amines is 1. The zero-order valence-corrected chi connectivity index (χ0v) is 10.6. The molecule has 0 aliphatic heterocycles. The summed E-state index contributed by atoms with van der Waals surface area (Å²) in [5.41, 5.74) is 2.51. The summed E-state index contributed by atoms with van der Waals surface area (Å²) in [4.78, 5) is 15.3. The van der Waals surface area contributed by atoms with Crippen molar-refractivity contribution in [3.63, 3.8) is 0 Å². The number of aryl methyl sites for hydroxylation is 1. The Bertz CT molecular complexity index is 726. The number of nitrogens with zero attached hydrogens (tertiary/aromatic N) is 2. The predicted octanol–water partition coefficient (Wildman–Crippen LogP) is 1.83. The highest BCUT2D eigenvalue weighted by Crippen LogP contribution is 2.16. The van der Waals surface area contributed by atoms with Crippen LogP contribution in [0.5, 0.6) is 0 Å². The van der Waals surface area contributed by atoms with E-state index in [0.717, 1.165) is 16.5 Å². The predicted molar refractivity (Wildman–Crippen MR) is 72.7 cm³/mol. The maximum absolute atomic E-state index is 12.2. The van der Waals surface area contributed by atoms with Gasteiger partial charge in [0.25, 0.3) is 5.91 Å². The lowest BCUT2D eigenvalue weighted by Crippen LogP contribution is -2.22. The first kappa shape index (κ1) is 11.5. The molecule has 1 amide bonds. The van der Waals surface area contributed by atoms with E-state index in [9.17, 15) is 4.79 Å². The molecule has 3 aromatic rings. The van der Waals surface area contributed by atoms with Crippen molar-refractivity contribution in [3.8, 4) is 0 Å². The molecule has 3 rings (SSSR count). The Hall–Kier alpha value is -2.56. The summed E-state index contributed by atoms with van der Waals surface area (Å²) in [6.45, 7) is 0.476. The number of hydrogen-bond acceptors (Lipinski definition) is 2. The quantitative estimate of drug-likeness (QED) is 0.749. The number of benzene rings is 1. The van der Waals surface area contributed by atoms with Gasteiger partial charge in [-0.15, -0.1) is 0 Å². The molecule has 0 aliphatic rings. The van der Waals surface area contributed by atoms with Crippen LogP contribution in [0.25, 0.3) is 10.9 Å². The van der Waals surface area contributed by atoms with Crippen molar-refractivity contribution in [1.82, 2.24) is 20.1 Å². The number of rotatable bonds is 3. The summed E-state index contributed by atoms with van der Waals surface area (Å²) in [7, 11) is 1.85.